The monoisotopic (exact) mass is 476 g/mol. The number of carbonyl (C=O) groups excluding carboxylic acids is 2. The lowest BCUT2D eigenvalue weighted by atomic mass is 10.1. The molecule has 0 aromatic heterocycles. The summed E-state index contributed by atoms with van der Waals surface area (Å²) in [5, 5.41) is 2.98. The lowest BCUT2D eigenvalue weighted by Crippen LogP contribution is -2.30. The van der Waals surface area contributed by atoms with E-state index in [1.807, 2.05) is 62.4 Å². The average Bonchev–Trinajstić information content (AvgIpc) is 3.06. The smallest absolute Gasteiger partial charge is 0.329 e. The molecule has 4 rings (SSSR count). The number of nitrogens with one attached hydrogen (secondary N) is 1. The Morgan fingerprint density at radius 3 is 2.44 bits per heavy atom. The zero-order valence-corrected chi connectivity index (χ0v) is 20.0. The third kappa shape index (κ3) is 5.24. The van der Waals surface area contributed by atoms with Gasteiger partial charge >= 0.3 is 6.03 Å². The molecular formula is C27H25ClN2O4. The molecule has 0 spiro atoms. The molecule has 1 saturated heterocycles. The molecule has 3 aromatic rings. The Morgan fingerprint density at radius 1 is 0.971 bits per heavy atom. The molecule has 1 fully saturated rings. The van der Waals surface area contributed by atoms with Gasteiger partial charge in [-0.2, -0.15) is 0 Å². The summed E-state index contributed by atoms with van der Waals surface area (Å²) in [5.41, 5.74) is 4.90. The van der Waals surface area contributed by atoms with Crippen molar-refractivity contribution in [3.63, 3.8) is 0 Å². The van der Waals surface area contributed by atoms with E-state index in [4.69, 9.17) is 21.1 Å². The van der Waals surface area contributed by atoms with Crippen LogP contribution < -0.4 is 14.8 Å². The van der Waals surface area contributed by atoms with E-state index in [1.54, 1.807) is 18.2 Å². The number of methoxy groups -OCH3 is 1. The molecule has 1 heterocycles. The van der Waals surface area contributed by atoms with Gasteiger partial charge in [0.15, 0.2) is 11.5 Å². The normalized spacial score (nSPS) is 14.5. The highest BCUT2D eigenvalue weighted by molar-refractivity contribution is 6.32. The molecule has 1 aliphatic heterocycles. The molecule has 1 aliphatic rings. The number of imide groups is 1. The van der Waals surface area contributed by atoms with Crippen LogP contribution in [0.4, 0.5) is 4.79 Å². The lowest BCUT2D eigenvalue weighted by Gasteiger charge is -2.14. The number of carbonyl (C=O) groups is 2. The number of benzene rings is 3. The van der Waals surface area contributed by atoms with Crippen LogP contribution in [0.5, 0.6) is 11.5 Å². The van der Waals surface area contributed by atoms with Gasteiger partial charge in [-0.25, -0.2) is 4.79 Å². The zero-order chi connectivity index (χ0) is 24.2. The first kappa shape index (κ1) is 23.4. The van der Waals surface area contributed by atoms with Crippen molar-refractivity contribution in [1.82, 2.24) is 10.2 Å². The van der Waals surface area contributed by atoms with E-state index in [2.05, 4.69) is 5.32 Å². The van der Waals surface area contributed by atoms with Crippen molar-refractivity contribution < 1.29 is 19.1 Å². The number of halogens is 1. The summed E-state index contributed by atoms with van der Waals surface area (Å²) in [4.78, 5) is 26.5. The molecule has 0 radical (unpaired) electrons. The van der Waals surface area contributed by atoms with Crippen LogP contribution in [0.15, 0.2) is 66.4 Å². The first-order valence-electron chi connectivity index (χ1n) is 10.8. The summed E-state index contributed by atoms with van der Waals surface area (Å²) in [6.07, 6.45) is 1.58. The molecule has 6 nitrogen and oxygen atoms in total. The van der Waals surface area contributed by atoms with Gasteiger partial charge in [0.05, 0.1) is 18.7 Å². The van der Waals surface area contributed by atoms with Crippen molar-refractivity contribution in [3.05, 3.63) is 99.2 Å². The molecule has 1 N–H and O–H groups in total. The first-order chi connectivity index (χ1) is 16.3. The number of rotatable bonds is 7. The van der Waals surface area contributed by atoms with Crippen molar-refractivity contribution in [1.29, 1.82) is 0 Å². The van der Waals surface area contributed by atoms with E-state index in [0.717, 1.165) is 22.3 Å². The second-order valence-electron chi connectivity index (χ2n) is 8.18. The lowest BCUT2D eigenvalue weighted by molar-refractivity contribution is -0.123. The number of amides is 3. The highest BCUT2D eigenvalue weighted by Crippen LogP contribution is 2.37. The summed E-state index contributed by atoms with van der Waals surface area (Å²) < 4.78 is 11.4. The Balaban J connectivity index is 1.53. The quantitative estimate of drug-likeness (QED) is 0.354. The van der Waals surface area contributed by atoms with Crippen LogP contribution in [0.1, 0.15) is 27.8 Å². The molecular weight excluding hydrogens is 452 g/mol. The van der Waals surface area contributed by atoms with Crippen LogP contribution in [0.2, 0.25) is 5.02 Å². The largest absolute Gasteiger partial charge is 0.493 e. The summed E-state index contributed by atoms with van der Waals surface area (Å²) in [7, 11) is 1.52. The molecule has 0 unspecified atom stereocenters. The van der Waals surface area contributed by atoms with Gasteiger partial charge in [0.25, 0.3) is 5.91 Å². The Labute approximate surface area is 203 Å². The summed E-state index contributed by atoms with van der Waals surface area (Å²) in [6.45, 7) is 4.53. The molecule has 34 heavy (non-hydrogen) atoms. The van der Waals surface area contributed by atoms with Crippen LogP contribution in [0, 0.1) is 13.8 Å². The van der Waals surface area contributed by atoms with Crippen molar-refractivity contribution in [2.45, 2.75) is 27.0 Å². The molecule has 3 amide bonds. The van der Waals surface area contributed by atoms with Gasteiger partial charge in [-0.1, -0.05) is 71.3 Å². The molecule has 0 bridgehead atoms. The zero-order valence-electron chi connectivity index (χ0n) is 19.2. The number of urea groups is 1. The average molecular weight is 477 g/mol. The molecule has 0 aliphatic carbocycles. The van der Waals surface area contributed by atoms with Crippen molar-refractivity contribution >= 4 is 29.6 Å². The third-order valence-corrected chi connectivity index (χ3v) is 5.73. The van der Waals surface area contributed by atoms with Crippen LogP contribution in [0.3, 0.4) is 0 Å². The Morgan fingerprint density at radius 2 is 1.74 bits per heavy atom. The third-order valence-electron chi connectivity index (χ3n) is 5.45. The van der Waals surface area contributed by atoms with E-state index in [0.29, 0.717) is 28.7 Å². The Bertz CT molecular complexity index is 1270. The van der Waals surface area contributed by atoms with E-state index >= 15 is 0 Å². The maximum atomic E-state index is 12.9. The van der Waals surface area contributed by atoms with Crippen molar-refractivity contribution in [2.75, 3.05) is 7.11 Å². The van der Waals surface area contributed by atoms with E-state index in [-0.39, 0.29) is 12.2 Å². The highest BCUT2D eigenvalue weighted by atomic mass is 35.5. The maximum absolute atomic E-state index is 12.9. The second kappa shape index (κ2) is 10.0. The minimum absolute atomic E-state index is 0.170. The van der Waals surface area contributed by atoms with Gasteiger partial charge in [-0.3, -0.25) is 9.69 Å². The Hall–Kier alpha value is -3.77. The molecule has 0 saturated carbocycles. The minimum atomic E-state index is -0.465. The van der Waals surface area contributed by atoms with Crippen LogP contribution in [-0.4, -0.2) is 23.9 Å². The van der Waals surface area contributed by atoms with E-state index < -0.39 is 11.9 Å². The van der Waals surface area contributed by atoms with Gasteiger partial charge in [0.1, 0.15) is 12.3 Å². The molecule has 174 valence electrons. The number of hydrogen-bond donors (Lipinski definition) is 1. The fraction of sp³-hybridized carbons (Fsp3) is 0.185. The Kier molecular flexibility index (Phi) is 6.89. The van der Waals surface area contributed by atoms with Gasteiger partial charge in [-0.05, 0) is 48.7 Å². The predicted octanol–water partition coefficient (Wildman–Crippen LogP) is 5.64. The van der Waals surface area contributed by atoms with Gasteiger partial charge in [-0.15, -0.1) is 0 Å². The van der Waals surface area contributed by atoms with Gasteiger partial charge in [0.2, 0.25) is 0 Å². The fourth-order valence-corrected chi connectivity index (χ4v) is 3.95. The summed E-state index contributed by atoms with van der Waals surface area (Å²) in [6, 6.07) is 18.6. The fourth-order valence-electron chi connectivity index (χ4n) is 3.68. The van der Waals surface area contributed by atoms with E-state index in [1.165, 1.54) is 12.0 Å². The van der Waals surface area contributed by atoms with Crippen molar-refractivity contribution in [2.24, 2.45) is 0 Å². The minimum Gasteiger partial charge on any atom is -0.493 e. The first-order valence-corrected chi connectivity index (χ1v) is 11.2. The molecule has 0 atom stereocenters. The molecule has 7 heteroatoms. The standard InChI is InChI=1S/C27H25ClN2O4/c1-17-7-9-19(10-8-17)15-30-26(31)23(29-27(30)32)13-21-12-22(28)25(24(14-21)33-3)34-16-20-6-4-5-18(2)11-20/h4-14H,15-16H2,1-3H3,(H,29,32)/b23-13+. The highest BCUT2D eigenvalue weighted by Gasteiger charge is 2.33. The number of aryl methyl sites for hydroxylation is 2. The van der Waals surface area contributed by atoms with E-state index in [9.17, 15) is 9.59 Å². The van der Waals surface area contributed by atoms with Crippen LogP contribution in [-0.2, 0) is 17.9 Å². The second-order valence-corrected chi connectivity index (χ2v) is 8.58. The van der Waals surface area contributed by atoms with Crippen LogP contribution in [0.25, 0.3) is 6.08 Å². The number of ether oxygens (including phenoxy) is 2. The topological polar surface area (TPSA) is 67.9 Å². The number of nitrogens with zero attached hydrogens (tertiary/aromatic N) is 1. The number of hydrogen-bond acceptors (Lipinski definition) is 4. The van der Waals surface area contributed by atoms with Gasteiger partial charge < -0.3 is 14.8 Å². The molecule has 3 aromatic carbocycles. The summed E-state index contributed by atoms with van der Waals surface area (Å²) >= 11 is 6.49. The maximum Gasteiger partial charge on any atom is 0.329 e. The predicted molar refractivity (Wildman–Crippen MR) is 132 cm³/mol. The SMILES string of the molecule is COc1cc(/C=C2/NC(=O)N(Cc3ccc(C)cc3)C2=O)cc(Cl)c1OCc1cccc(C)c1. The van der Waals surface area contributed by atoms with Crippen LogP contribution >= 0.6 is 11.6 Å². The van der Waals surface area contributed by atoms with Crippen molar-refractivity contribution in [3.8, 4) is 11.5 Å². The van der Waals surface area contributed by atoms with Gasteiger partial charge in [0, 0.05) is 0 Å². The summed E-state index contributed by atoms with van der Waals surface area (Å²) in [5.74, 6) is 0.441.